The Hall–Kier alpha value is -11.7. The van der Waals surface area contributed by atoms with Crippen molar-refractivity contribution in [1.82, 2.24) is 0 Å². The van der Waals surface area contributed by atoms with Crippen LogP contribution in [0.25, 0.3) is 0 Å². The van der Waals surface area contributed by atoms with Crippen LogP contribution in [0.4, 0.5) is 85.3 Å². The fraction of sp³-hybridized carbons (Fsp3) is 0.0370. The van der Waals surface area contributed by atoms with E-state index in [1.54, 1.807) is 0 Å². The predicted octanol–water partition coefficient (Wildman–Crippen LogP) is 14.2. The highest BCUT2D eigenvalue weighted by Gasteiger charge is 2.49. The van der Waals surface area contributed by atoms with E-state index in [-0.39, 0.29) is 20.1 Å². The number of benzene rings is 13. The van der Waals surface area contributed by atoms with Crippen LogP contribution >= 0.6 is 0 Å². The van der Waals surface area contributed by atoms with Crippen molar-refractivity contribution >= 4 is 155 Å². The van der Waals surface area contributed by atoms with E-state index in [1.807, 2.05) is 0 Å². The lowest BCUT2D eigenvalue weighted by Crippen LogP contribution is -2.65. The lowest BCUT2D eigenvalue weighted by atomic mass is 9.29. The van der Waals surface area contributed by atoms with Gasteiger partial charge in [0.1, 0.15) is 34.5 Å². The van der Waals surface area contributed by atoms with Gasteiger partial charge in [-0.05, 0) is 158 Å². The molecule has 0 unspecified atom stereocenters. The average molecular weight is 1190 g/mol. The van der Waals surface area contributed by atoms with E-state index in [9.17, 15) is 0 Å². The van der Waals surface area contributed by atoms with E-state index in [0.29, 0.717) is 0 Å². The van der Waals surface area contributed by atoms with Crippen molar-refractivity contribution in [2.45, 2.75) is 0 Å². The predicted molar refractivity (Wildman–Crippen MR) is 388 cm³/mol. The first-order valence-corrected chi connectivity index (χ1v) is 31.9. The molecule has 13 aromatic carbocycles. The van der Waals surface area contributed by atoms with Crippen molar-refractivity contribution in [3.05, 3.63) is 291 Å². The van der Waals surface area contributed by atoms with E-state index in [0.717, 1.165) is 153 Å². The quantitative estimate of drug-likeness (QED) is 0.132. The van der Waals surface area contributed by atoms with Gasteiger partial charge in [-0.3, -0.25) is 0 Å². The van der Waals surface area contributed by atoms with E-state index in [1.165, 1.54) is 16.4 Å². The van der Waals surface area contributed by atoms with Gasteiger partial charge in [-0.25, -0.2) is 0 Å². The number of fused-ring (bicyclic) bond motifs is 12. The fourth-order valence-corrected chi connectivity index (χ4v) is 15.8. The van der Waals surface area contributed by atoms with Gasteiger partial charge in [0, 0.05) is 114 Å². The fourth-order valence-electron chi connectivity index (χ4n) is 15.8. The summed E-state index contributed by atoms with van der Waals surface area (Å²) in [5.74, 6) is 5.05. The molecule has 13 aromatic rings. The first-order chi connectivity index (χ1) is 45.9. The Morgan fingerprint density at radius 2 is 0.484 bits per heavy atom. The van der Waals surface area contributed by atoms with Gasteiger partial charge in [-0.2, -0.15) is 0 Å². The number of para-hydroxylation sites is 8. The topological polar surface area (TPSA) is 47.1 Å². The maximum atomic E-state index is 7.65. The van der Waals surface area contributed by atoms with E-state index in [2.05, 4.69) is 342 Å². The van der Waals surface area contributed by atoms with Crippen LogP contribution in [0.1, 0.15) is 0 Å². The molecule has 0 atom stereocenters. The number of rotatable bonds is 9. The third-order valence-corrected chi connectivity index (χ3v) is 19.9. The first kappa shape index (κ1) is 53.1. The molecule has 0 fully saturated rings. The van der Waals surface area contributed by atoms with Crippen molar-refractivity contribution in [2.24, 2.45) is 0 Å². The number of hydrogen-bond donors (Lipinski definition) is 0. The van der Waals surface area contributed by atoms with Crippen molar-refractivity contribution in [3.63, 3.8) is 0 Å². The molecule has 438 valence electrons. The highest BCUT2D eigenvalue weighted by Crippen LogP contribution is 2.49. The summed E-state index contributed by atoms with van der Waals surface area (Å²) in [5.41, 5.74) is 26.4. The van der Waals surface area contributed by atoms with Crippen molar-refractivity contribution < 1.29 is 14.2 Å². The lowest BCUT2D eigenvalue weighted by Gasteiger charge is -2.44. The molecule has 0 saturated carbocycles. The van der Waals surface area contributed by atoms with Crippen LogP contribution < -0.4 is 92.8 Å². The summed E-state index contributed by atoms with van der Waals surface area (Å²) in [6, 6.07) is 105. The first-order valence-electron chi connectivity index (χ1n) is 31.9. The Morgan fingerprint density at radius 1 is 0.215 bits per heavy atom. The second kappa shape index (κ2) is 20.6. The van der Waals surface area contributed by atoms with Gasteiger partial charge < -0.3 is 43.6 Å². The van der Waals surface area contributed by atoms with Crippen LogP contribution in [0, 0.1) is 0 Å². The summed E-state index contributed by atoms with van der Waals surface area (Å²) in [6.07, 6.45) is 0. The maximum Gasteiger partial charge on any atom is 0.256 e. The number of ether oxygens (including phenoxy) is 3. The Bertz CT molecular complexity index is 5070. The molecule has 6 heterocycles. The molecule has 93 heavy (non-hydrogen) atoms. The van der Waals surface area contributed by atoms with Gasteiger partial charge in [0.2, 0.25) is 0 Å². The SMILES string of the molecule is CN1c2cc3c(cc2B2c4ccccc4Oc4cc(N(c5ccccc5)c5ccccc5)cc1c42)B1c2cc4c(cc2N(C)c2cc(N(c5ccccc5)c5ccccc5)cc(c21)O3)N(C)c1cc(N(c2ccccc2)c2ccccc2)cc2c1B4c1ccccc1O2. The molecule has 0 amide bonds. The van der Waals surface area contributed by atoms with Crippen LogP contribution in [0.15, 0.2) is 291 Å². The van der Waals surface area contributed by atoms with Crippen LogP contribution in [0.2, 0.25) is 0 Å². The van der Waals surface area contributed by atoms with Crippen molar-refractivity contribution in [2.75, 3.05) is 50.5 Å². The molecule has 0 saturated heterocycles. The van der Waals surface area contributed by atoms with E-state index in [4.69, 9.17) is 14.2 Å². The van der Waals surface area contributed by atoms with Crippen LogP contribution in [0.3, 0.4) is 0 Å². The molecule has 0 bridgehead atoms. The Morgan fingerprint density at radius 3 is 0.817 bits per heavy atom. The normalized spacial score (nSPS) is 13.5. The molecule has 0 aliphatic carbocycles. The van der Waals surface area contributed by atoms with Gasteiger partial charge in [0.15, 0.2) is 0 Å². The molecule has 12 heteroatoms. The van der Waals surface area contributed by atoms with Gasteiger partial charge >= 0.3 is 0 Å². The zero-order valence-electron chi connectivity index (χ0n) is 51.4. The monoisotopic (exact) mass is 1190 g/mol. The summed E-state index contributed by atoms with van der Waals surface area (Å²) < 4.78 is 21.9. The van der Waals surface area contributed by atoms with Crippen molar-refractivity contribution in [1.29, 1.82) is 0 Å². The van der Waals surface area contributed by atoms with Gasteiger partial charge in [0.05, 0.1) is 17.1 Å². The zero-order valence-corrected chi connectivity index (χ0v) is 51.4. The lowest BCUT2D eigenvalue weighted by molar-refractivity contribution is 0.487. The van der Waals surface area contributed by atoms with E-state index < -0.39 is 0 Å². The molecule has 19 rings (SSSR count). The van der Waals surface area contributed by atoms with E-state index >= 15 is 0 Å². The summed E-state index contributed by atoms with van der Waals surface area (Å²) >= 11 is 0. The average Bonchev–Trinajstić information content (AvgIpc) is 0.696. The molecule has 0 spiro atoms. The molecular weight excluding hydrogens is 1140 g/mol. The second-order valence-corrected chi connectivity index (χ2v) is 24.9. The Kier molecular flexibility index (Phi) is 11.8. The Balaban J connectivity index is 0.836. The Labute approximate surface area is 542 Å². The highest BCUT2D eigenvalue weighted by molar-refractivity contribution is 7.03. The minimum absolute atomic E-state index is 0.138. The van der Waals surface area contributed by atoms with Crippen molar-refractivity contribution in [3.8, 4) is 34.5 Å². The van der Waals surface area contributed by atoms with Crippen LogP contribution in [-0.2, 0) is 0 Å². The molecule has 0 N–H and O–H groups in total. The summed E-state index contributed by atoms with van der Waals surface area (Å²) in [5, 5.41) is 0. The number of anilines is 15. The zero-order chi connectivity index (χ0) is 61.6. The number of hydrogen-bond acceptors (Lipinski definition) is 9. The summed E-state index contributed by atoms with van der Waals surface area (Å²) in [7, 11) is 6.68. The van der Waals surface area contributed by atoms with Gasteiger partial charge in [-0.1, -0.05) is 158 Å². The minimum Gasteiger partial charge on any atom is -0.458 e. The molecule has 0 radical (unpaired) electrons. The third-order valence-electron chi connectivity index (χ3n) is 19.9. The van der Waals surface area contributed by atoms with Crippen LogP contribution in [0.5, 0.6) is 34.5 Å². The smallest absolute Gasteiger partial charge is 0.256 e. The molecule has 9 nitrogen and oxygen atoms in total. The standard InChI is InChI=1S/C81H57B3N6O3/c1-85-67-50-68-64(48-63(67)82-61-38-22-24-40-73(61)91-76-45-58(42-70(85)79(76)82)88(52-26-10-4-11-27-52)53-28-12-5-13-29-53)84-66-49-65-69(51-75(66)93-78-47-60(44-72(81(78)84)86(68)2)90(56-34-18-8-19-35-56)57-36-20-9-21-37-57)87(3)71-43-59(46-77-80(71)83(65)62-39-23-25-41-74(62)92-77)89(54-30-14-6-15-31-54)55-32-16-7-17-33-55/h4-51H,1-3H3. The maximum absolute atomic E-state index is 7.65. The highest BCUT2D eigenvalue weighted by atomic mass is 16.5. The molecule has 6 aliphatic heterocycles. The minimum atomic E-state index is -0.237. The van der Waals surface area contributed by atoms with Crippen LogP contribution in [-0.4, -0.2) is 41.3 Å². The molecule has 6 aliphatic rings. The van der Waals surface area contributed by atoms with Gasteiger partial charge in [0.25, 0.3) is 20.1 Å². The second-order valence-electron chi connectivity index (χ2n) is 24.9. The summed E-state index contributed by atoms with van der Waals surface area (Å²) in [4.78, 5) is 14.2. The molecule has 0 aromatic heterocycles. The largest absolute Gasteiger partial charge is 0.458 e. The number of nitrogens with zero attached hydrogens (tertiary/aromatic N) is 6. The molecular formula is C81H57B3N6O3. The summed E-state index contributed by atoms with van der Waals surface area (Å²) in [6.45, 7) is -0.525. The third kappa shape index (κ3) is 8.10. The van der Waals surface area contributed by atoms with Gasteiger partial charge in [-0.15, -0.1) is 0 Å².